The quantitative estimate of drug-likeness (QED) is 0.762. The van der Waals surface area contributed by atoms with Gasteiger partial charge in [-0.3, -0.25) is 14.5 Å². The lowest BCUT2D eigenvalue weighted by Gasteiger charge is -2.13. The largest absolute Gasteiger partial charge is 0.360 e. The molecule has 0 bridgehead atoms. The van der Waals surface area contributed by atoms with Crippen LogP contribution in [-0.2, 0) is 13.6 Å². The van der Waals surface area contributed by atoms with Crippen LogP contribution < -0.4 is 5.30 Å². The number of nitrogens with zero attached hydrogens (tertiary/aromatic N) is 2. The first-order valence-corrected chi connectivity index (χ1v) is 6.17. The van der Waals surface area contributed by atoms with E-state index in [0.717, 1.165) is 5.52 Å². The zero-order valence-corrected chi connectivity index (χ0v) is 9.85. The van der Waals surface area contributed by atoms with Gasteiger partial charge in [0.1, 0.15) is 0 Å². The minimum Gasteiger partial charge on any atom is -0.309 e. The van der Waals surface area contributed by atoms with Crippen LogP contribution in [0.5, 0.6) is 0 Å². The number of rotatable bonds is 3. The maximum atomic E-state index is 12.1. The Bertz CT molecular complexity index is 551. The van der Waals surface area contributed by atoms with Crippen molar-refractivity contribution >= 4 is 23.9 Å². The second kappa shape index (κ2) is 4.29. The monoisotopic (exact) mass is 238 g/mol. The van der Waals surface area contributed by atoms with Gasteiger partial charge >= 0.3 is 7.60 Å². The molecular formula is C10H11N2O3P. The Morgan fingerprint density at radius 1 is 1.06 bits per heavy atom. The zero-order chi connectivity index (χ0) is 11.6. The number of benzene rings is 1. The first-order chi connectivity index (χ1) is 7.69. The molecule has 0 aliphatic heterocycles. The summed E-state index contributed by atoms with van der Waals surface area (Å²) in [6.07, 6.45) is 3.19. The van der Waals surface area contributed by atoms with Crippen molar-refractivity contribution in [2.45, 2.75) is 0 Å². The van der Waals surface area contributed by atoms with E-state index in [1.165, 1.54) is 14.2 Å². The predicted octanol–water partition coefficient (Wildman–Crippen LogP) is 1.74. The molecule has 0 saturated heterocycles. The normalized spacial score (nSPS) is 11.9. The van der Waals surface area contributed by atoms with Crippen molar-refractivity contribution in [1.82, 2.24) is 9.97 Å². The Labute approximate surface area is 93.0 Å². The lowest BCUT2D eigenvalue weighted by molar-refractivity contribution is 0.287. The molecule has 84 valence electrons. The number of fused-ring (bicyclic) bond motifs is 1. The minimum atomic E-state index is -3.21. The van der Waals surface area contributed by atoms with Crippen molar-refractivity contribution in [3.05, 3.63) is 30.6 Å². The Kier molecular flexibility index (Phi) is 3.01. The minimum absolute atomic E-state index is 0.477. The molecule has 2 rings (SSSR count). The van der Waals surface area contributed by atoms with E-state index in [0.29, 0.717) is 10.8 Å². The van der Waals surface area contributed by atoms with Gasteiger partial charge in [-0.15, -0.1) is 0 Å². The molecule has 0 fully saturated rings. The topological polar surface area (TPSA) is 61.3 Å². The van der Waals surface area contributed by atoms with Crippen molar-refractivity contribution in [2.75, 3.05) is 14.2 Å². The zero-order valence-electron chi connectivity index (χ0n) is 8.95. The third-order valence-electron chi connectivity index (χ3n) is 2.25. The fraction of sp³-hybridized carbons (Fsp3) is 0.200. The highest BCUT2D eigenvalue weighted by Gasteiger charge is 2.24. The average molecular weight is 238 g/mol. The van der Waals surface area contributed by atoms with Crippen molar-refractivity contribution in [3.8, 4) is 0 Å². The number of hydrogen-bond donors (Lipinski definition) is 0. The second-order valence-corrected chi connectivity index (χ2v) is 5.33. The van der Waals surface area contributed by atoms with E-state index in [9.17, 15) is 4.57 Å². The van der Waals surface area contributed by atoms with E-state index in [1.54, 1.807) is 30.6 Å². The van der Waals surface area contributed by atoms with Crippen LogP contribution >= 0.6 is 7.60 Å². The van der Waals surface area contributed by atoms with Gasteiger partial charge < -0.3 is 9.05 Å². The summed E-state index contributed by atoms with van der Waals surface area (Å²) >= 11 is 0. The highest BCUT2D eigenvalue weighted by molar-refractivity contribution is 7.62. The summed E-state index contributed by atoms with van der Waals surface area (Å²) < 4.78 is 21.9. The number of aromatic nitrogens is 2. The highest BCUT2D eigenvalue weighted by Crippen LogP contribution is 2.45. The molecule has 2 aromatic rings. The van der Waals surface area contributed by atoms with Gasteiger partial charge in [0.05, 0.1) is 16.3 Å². The van der Waals surface area contributed by atoms with Gasteiger partial charge in [0.15, 0.2) is 0 Å². The van der Waals surface area contributed by atoms with Gasteiger partial charge in [0.2, 0.25) is 0 Å². The van der Waals surface area contributed by atoms with Crippen LogP contribution in [0.15, 0.2) is 30.6 Å². The van der Waals surface area contributed by atoms with Crippen molar-refractivity contribution in [3.63, 3.8) is 0 Å². The third-order valence-corrected chi connectivity index (χ3v) is 4.12. The SMILES string of the molecule is COP(=O)(OC)c1ccc2nccnc2c1. The first kappa shape index (κ1) is 11.2. The van der Waals surface area contributed by atoms with E-state index in [2.05, 4.69) is 9.97 Å². The maximum absolute atomic E-state index is 12.1. The first-order valence-electron chi connectivity index (χ1n) is 4.62. The van der Waals surface area contributed by atoms with Crippen LogP contribution in [0, 0.1) is 0 Å². The molecule has 0 amide bonds. The maximum Gasteiger partial charge on any atom is 0.360 e. The molecule has 0 aliphatic carbocycles. The van der Waals surface area contributed by atoms with Crippen molar-refractivity contribution < 1.29 is 13.6 Å². The standard InChI is InChI=1S/C10H11N2O3P/c1-14-16(13,15-2)8-3-4-9-10(7-8)12-6-5-11-9/h3-7H,1-2H3. The summed E-state index contributed by atoms with van der Waals surface area (Å²) in [5, 5.41) is 0.477. The molecule has 1 heterocycles. The van der Waals surface area contributed by atoms with Crippen molar-refractivity contribution in [1.29, 1.82) is 0 Å². The third kappa shape index (κ3) is 1.85. The van der Waals surface area contributed by atoms with Crippen LogP contribution in [0.25, 0.3) is 11.0 Å². The molecule has 1 aromatic carbocycles. The summed E-state index contributed by atoms with van der Waals surface area (Å²) in [4.78, 5) is 8.25. The van der Waals surface area contributed by atoms with E-state index < -0.39 is 7.60 Å². The molecule has 5 nitrogen and oxygen atoms in total. The molecule has 0 aliphatic rings. The van der Waals surface area contributed by atoms with Gasteiger partial charge in [0, 0.05) is 26.6 Å². The molecule has 6 heteroatoms. The van der Waals surface area contributed by atoms with Gasteiger partial charge in [0.25, 0.3) is 0 Å². The smallest absolute Gasteiger partial charge is 0.309 e. The average Bonchev–Trinajstić information content (AvgIpc) is 2.37. The van der Waals surface area contributed by atoms with Crippen LogP contribution in [-0.4, -0.2) is 24.2 Å². The second-order valence-electron chi connectivity index (χ2n) is 3.09. The van der Waals surface area contributed by atoms with Crippen LogP contribution in [0.1, 0.15) is 0 Å². The molecule has 0 atom stereocenters. The van der Waals surface area contributed by atoms with Gasteiger partial charge in [-0.2, -0.15) is 0 Å². The van der Waals surface area contributed by atoms with Crippen LogP contribution in [0.3, 0.4) is 0 Å². The van der Waals surface area contributed by atoms with Crippen LogP contribution in [0.4, 0.5) is 0 Å². The Hall–Kier alpha value is -1.29. The molecule has 0 saturated carbocycles. The summed E-state index contributed by atoms with van der Waals surface area (Å²) in [7, 11) is -0.501. The Balaban J connectivity index is 2.59. The fourth-order valence-electron chi connectivity index (χ4n) is 1.41. The van der Waals surface area contributed by atoms with E-state index in [4.69, 9.17) is 9.05 Å². The Morgan fingerprint density at radius 3 is 2.31 bits per heavy atom. The summed E-state index contributed by atoms with van der Waals surface area (Å²) in [6, 6.07) is 5.07. The summed E-state index contributed by atoms with van der Waals surface area (Å²) in [5.74, 6) is 0. The highest BCUT2D eigenvalue weighted by atomic mass is 31.2. The molecular weight excluding hydrogens is 227 g/mol. The van der Waals surface area contributed by atoms with Gasteiger partial charge in [-0.25, -0.2) is 0 Å². The Morgan fingerprint density at radius 2 is 1.69 bits per heavy atom. The van der Waals surface area contributed by atoms with E-state index >= 15 is 0 Å². The fourth-order valence-corrected chi connectivity index (χ4v) is 2.52. The van der Waals surface area contributed by atoms with E-state index in [1.807, 2.05) is 0 Å². The van der Waals surface area contributed by atoms with Crippen LogP contribution in [0.2, 0.25) is 0 Å². The molecule has 0 unspecified atom stereocenters. The molecule has 0 spiro atoms. The predicted molar refractivity (Wildman–Crippen MR) is 60.8 cm³/mol. The molecule has 0 N–H and O–H groups in total. The van der Waals surface area contributed by atoms with Crippen molar-refractivity contribution in [2.24, 2.45) is 0 Å². The number of hydrogen-bond acceptors (Lipinski definition) is 5. The van der Waals surface area contributed by atoms with Gasteiger partial charge in [-0.1, -0.05) is 0 Å². The summed E-state index contributed by atoms with van der Waals surface area (Å²) in [6.45, 7) is 0. The molecule has 1 aromatic heterocycles. The molecule has 0 radical (unpaired) electrons. The lowest BCUT2D eigenvalue weighted by Crippen LogP contribution is -2.07. The molecule has 16 heavy (non-hydrogen) atoms. The van der Waals surface area contributed by atoms with E-state index in [-0.39, 0.29) is 0 Å². The summed E-state index contributed by atoms with van der Waals surface area (Å²) in [5.41, 5.74) is 1.40. The van der Waals surface area contributed by atoms with Gasteiger partial charge in [-0.05, 0) is 18.2 Å². The lowest BCUT2D eigenvalue weighted by atomic mass is 10.3.